The highest BCUT2D eigenvalue weighted by Crippen LogP contribution is 2.41. The van der Waals surface area contributed by atoms with Crippen molar-refractivity contribution in [2.75, 3.05) is 10.2 Å². The zero-order valence-corrected chi connectivity index (χ0v) is 15.7. The van der Waals surface area contributed by atoms with Crippen molar-refractivity contribution < 1.29 is 4.79 Å². The molecule has 7 nitrogen and oxygen atoms in total. The molecule has 26 heavy (non-hydrogen) atoms. The fourth-order valence-corrected chi connectivity index (χ4v) is 3.68. The van der Waals surface area contributed by atoms with Gasteiger partial charge >= 0.3 is 0 Å². The molecule has 5 N–H and O–H groups in total. The molecule has 1 amide bonds. The summed E-state index contributed by atoms with van der Waals surface area (Å²) in [6.07, 6.45) is 5.09. The maximum atomic E-state index is 12.1. The topological polar surface area (TPSA) is 109 Å². The monoisotopic (exact) mass is 356 g/mol. The quantitative estimate of drug-likeness (QED) is 0.773. The van der Waals surface area contributed by atoms with E-state index in [0.717, 1.165) is 42.6 Å². The number of nitrogens with two attached hydrogens (primary N) is 2. The first-order valence-electron chi connectivity index (χ1n) is 9.24. The van der Waals surface area contributed by atoms with Crippen LogP contribution in [0.3, 0.4) is 0 Å². The first kappa shape index (κ1) is 18.2. The third kappa shape index (κ3) is 3.38. The predicted molar refractivity (Wildman–Crippen MR) is 106 cm³/mol. The molecule has 0 atom stereocenters. The van der Waals surface area contributed by atoms with Gasteiger partial charge in [0.25, 0.3) is 0 Å². The number of aliphatic imine (C=N–C) groups is 2. The number of hydrogen-bond acceptors (Lipinski definition) is 6. The van der Waals surface area contributed by atoms with Crippen molar-refractivity contribution in [2.24, 2.45) is 27.4 Å². The minimum atomic E-state index is -0.487. The number of benzene rings is 1. The standard InChI is InChI=1S/C19H28N6O/c1-12(2)16(26)22-14-8-7-13(3)15(11-14)25-18(21)23-17(20)24-19(25)9-5-4-6-10-19/h7-8,11-12H,4-6,9-10H2,1-3H3,(H,22,26)(H4,20,21,23,24). The van der Waals surface area contributed by atoms with E-state index in [4.69, 9.17) is 16.5 Å². The molecule has 1 fully saturated rings. The molecule has 1 aliphatic heterocycles. The predicted octanol–water partition coefficient (Wildman–Crippen LogP) is 2.70. The average Bonchev–Trinajstić information content (AvgIpc) is 2.57. The van der Waals surface area contributed by atoms with Crippen molar-refractivity contribution in [3.05, 3.63) is 23.8 Å². The number of carbonyl (C=O) groups is 1. The van der Waals surface area contributed by atoms with Crippen molar-refractivity contribution in [3.8, 4) is 0 Å². The van der Waals surface area contributed by atoms with Crippen LogP contribution in [0.2, 0.25) is 0 Å². The molecule has 0 radical (unpaired) electrons. The number of rotatable bonds is 3. The molecular weight excluding hydrogens is 328 g/mol. The Morgan fingerprint density at radius 2 is 1.92 bits per heavy atom. The van der Waals surface area contributed by atoms with Crippen LogP contribution in [0.5, 0.6) is 0 Å². The minimum Gasteiger partial charge on any atom is -0.369 e. The number of hydrogen-bond donors (Lipinski definition) is 3. The molecule has 1 aliphatic carbocycles. The largest absolute Gasteiger partial charge is 0.369 e. The van der Waals surface area contributed by atoms with Gasteiger partial charge in [-0.3, -0.25) is 9.69 Å². The van der Waals surface area contributed by atoms with Crippen molar-refractivity contribution >= 4 is 29.2 Å². The van der Waals surface area contributed by atoms with Gasteiger partial charge in [-0.1, -0.05) is 26.3 Å². The second-order valence-corrected chi connectivity index (χ2v) is 7.46. The zero-order valence-electron chi connectivity index (χ0n) is 15.7. The number of aryl methyl sites for hydroxylation is 1. The van der Waals surface area contributed by atoms with E-state index in [1.165, 1.54) is 6.42 Å². The molecule has 7 heteroatoms. The van der Waals surface area contributed by atoms with E-state index in [0.29, 0.717) is 5.96 Å². The van der Waals surface area contributed by atoms with Crippen LogP contribution in [0.15, 0.2) is 28.2 Å². The van der Waals surface area contributed by atoms with Crippen molar-refractivity contribution in [1.29, 1.82) is 0 Å². The van der Waals surface area contributed by atoms with E-state index < -0.39 is 5.66 Å². The van der Waals surface area contributed by atoms with E-state index in [1.807, 2.05) is 43.9 Å². The summed E-state index contributed by atoms with van der Waals surface area (Å²) < 4.78 is 0. The van der Waals surface area contributed by atoms with E-state index >= 15 is 0 Å². The van der Waals surface area contributed by atoms with Gasteiger partial charge in [-0.05, 0) is 50.3 Å². The van der Waals surface area contributed by atoms with Gasteiger partial charge in [0.2, 0.25) is 17.8 Å². The van der Waals surface area contributed by atoms with Crippen LogP contribution in [0.25, 0.3) is 0 Å². The highest BCUT2D eigenvalue weighted by Gasteiger charge is 2.43. The Hall–Kier alpha value is -2.57. The van der Waals surface area contributed by atoms with E-state index in [9.17, 15) is 4.79 Å². The molecule has 3 rings (SSSR count). The number of nitrogens with one attached hydrogen (secondary N) is 1. The molecule has 0 saturated heterocycles. The summed E-state index contributed by atoms with van der Waals surface area (Å²) in [5.41, 5.74) is 14.5. The van der Waals surface area contributed by atoms with E-state index in [1.54, 1.807) is 0 Å². The maximum absolute atomic E-state index is 12.1. The molecule has 0 bridgehead atoms. The molecule has 1 aromatic carbocycles. The summed E-state index contributed by atoms with van der Waals surface area (Å²) in [5.74, 6) is 0.489. The Kier molecular flexibility index (Phi) is 4.89. The number of nitrogens with zero attached hydrogens (tertiary/aromatic N) is 3. The fourth-order valence-electron chi connectivity index (χ4n) is 3.68. The highest BCUT2D eigenvalue weighted by molar-refractivity contribution is 6.06. The molecule has 140 valence electrons. The molecule has 0 aromatic heterocycles. The number of carbonyl (C=O) groups excluding carboxylic acids is 1. The van der Waals surface area contributed by atoms with Crippen LogP contribution in [-0.2, 0) is 4.79 Å². The number of amides is 1. The van der Waals surface area contributed by atoms with Crippen LogP contribution in [0.4, 0.5) is 11.4 Å². The molecule has 0 unspecified atom stereocenters. The second-order valence-electron chi connectivity index (χ2n) is 7.46. The summed E-state index contributed by atoms with van der Waals surface area (Å²) in [7, 11) is 0. The minimum absolute atomic E-state index is 0.0188. The molecule has 1 saturated carbocycles. The van der Waals surface area contributed by atoms with Gasteiger partial charge in [-0.15, -0.1) is 0 Å². The lowest BCUT2D eigenvalue weighted by molar-refractivity contribution is -0.118. The molecular formula is C19H28N6O. The Morgan fingerprint density at radius 1 is 1.23 bits per heavy atom. The first-order chi connectivity index (χ1) is 12.3. The number of guanidine groups is 2. The van der Waals surface area contributed by atoms with Gasteiger partial charge in [-0.25, -0.2) is 4.99 Å². The van der Waals surface area contributed by atoms with Crippen LogP contribution in [0, 0.1) is 12.8 Å². The summed E-state index contributed by atoms with van der Waals surface area (Å²) in [6.45, 7) is 5.76. The first-order valence-corrected chi connectivity index (χ1v) is 9.24. The van der Waals surface area contributed by atoms with Crippen molar-refractivity contribution in [1.82, 2.24) is 0 Å². The van der Waals surface area contributed by atoms with Gasteiger partial charge in [0.05, 0.1) is 5.69 Å². The van der Waals surface area contributed by atoms with Gasteiger partial charge in [0.15, 0.2) is 0 Å². The molecule has 1 aromatic rings. The highest BCUT2D eigenvalue weighted by atomic mass is 16.1. The van der Waals surface area contributed by atoms with Gasteiger partial charge in [-0.2, -0.15) is 4.99 Å². The summed E-state index contributed by atoms with van der Waals surface area (Å²) in [4.78, 5) is 23.0. The fraction of sp³-hybridized carbons (Fsp3) is 0.526. The third-order valence-electron chi connectivity index (χ3n) is 5.09. The SMILES string of the molecule is Cc1ccc(NC(=O)C(C)C)cc1N1C(N)=NC(N)=NC12CCCCC2. The van der Waals surface area contributed by atoms with E-state index in [2.05, 4.69) is 10.3 Å². The van der Waals surface area contributed by atoms with Gasteiger partial charge in [0.1, 0.15) is 5.66 Å². The molecule has 1 spiro atoms. The smallest absolute Gasteiger partial charge is 0.226 e. The summed E-state index contributed by atoms with van der Waals surface area (Å²) >= 11 is 0. The third-order valence-corrected chi connectivity index (χ3v) is 5.09. The van der Waals surface area contributed by atoms with Gasteiger partial charge in [0, 0.05) is 11.6 Å². The average molecular weight is 356 g/mol. The van der Waals surface area contributed by atoms with Crippen LogP contribution >= 0.6 is 0 Å². The Labute approximate surface area is 154 Å². The Bertz CT molecular complexity index is 761. The number of anilines is 2. The summed E-state index contributed by atoms with van der Waals surface area (Å²) in [6, 6.07) is 5.84. The van der Waals surface area contributed by atoms with E-state index in [-0.39, 0.29) is 17.8 Å². The van der Waals surface area contributed by atoms with Crippen LogP contribution in [0.1, 0.15) is 51.5 Å². The van der Waals surface area contributed by atoms with Crippen molar-refractivity contribution in [3.63, 3.8) is 0 Å². The Balaban J connectivity index is 2.02. The van der Waals surface area contributed by atoms with Crippen molar-refractivity contribution in [2.45, 2.75) is 58.5 Å². The zero-order chi connectivity index (χ0) is 18.9. The lowest BCUT2D eigenvalue weighted by Crippen LogP contribution is -2.58. The lowest BCUT2D eigenvalue weighted by atomic mass is 9.87. The molecule has 1 heterocycles. The Morgan fingerprint density at radius 3 is 2.58 bits per heavy atom. The van der Waals surface area contributed by atoms with Crippen LogP contribution in [-0.4, -0.2) is 23.5 Å². The maximum Gasteiger partial charge on any atom is 0.226 e. The van der Waals surface area contributed by atoms with Gasteiger partial charge < -0.3 is 16.8 Å². The van der Waals surface area contributed by atoms with Crippen LogP contribution < -0.4 is 21.7 Å². The normalized spacial score (nSPS) is 19.3. The summed E-state index contributed by atoms with van der Waals surface area (Å²) in [5, 5.41) is 2.96. The second kappa shape index (κ2) is 6.97. The molecule has 2 aliphatic rings. The lowest BCUT2D eigenvalue weighted by Gasteiger charge is -2.46.